The summed E-state index contributed by atoms with van der Waals surface area (Å²) in [4.78, 5) is 22.7. The summed E-state index contributed by atoms with van der Waals surface area (Å²) >= 11 is 6.98. The van der Waals surface area contributed by atoms with Crippen LogP contribution in [0.25, 0.3) is 28.2 Å². The van der Waals surface area contributed by atoms with E-state index in [4.69, 9.17) is 18.6 Å². The maximum Gasteiger partial charge on any atom is 0.344 e. The van der Waals surface area contributed by atoms with Crippen LogP contribution >= 0.6 is 31.9 Å². The fourth-order valence-corrected chi connectivity index (χ4v) is 5.31. The lowest BCUT2D eigenvalue weighted by Gasteiger charge is -2.27. The lowest BCUT2D eigenvalue weighted by molar-refractivity contribution is 0.422. The summed E-state index contributed by atoms with van der Waals surface area (Å²) in [5.74, 6) is 1.09. The number of nitrogens with zero attached hydrogens (tertiary/aromatic N) is 4. The molecular formula is C25H12Br2N4O4. The van der Waals surface area contributed by atoms with E-state index in [9.17, 15) is 4.79 Å². The predicted molar refractivity (Wildman–Crippen MR) is 134 cm³/mol. The number of para-hydroxylation sites is 1. The van der Waals surface area contributed by atoms with Crippen molar-refractivity contribution < 1.29 is 13.6 Å². The molecule has 0 saturated heterocycles. The minimum Gasteiger partial charge on any atom is -0.446 e. The second-order valence-electron chi connectivity index (χ2n) is 7.96. The zero-order chi connectivity index (χ0) is 23.7. The fourth-order valence-electron chi connectivity index (χ4n) is 4.49. The van der Waals surface area contributed by atoms with Crippen molar-refractivity contribution in [2.75, 3.05) is 0 Å². The van der Waals surface area contributed by atoms with E-state index in [2.05, 4.69) is 41.9 Å². The molecule has 0 aliphatic carbocycles. The van der Waals surface area contributed by atoms with Gasteiger partial charge in [0.2, 0.25) is 11.7 Å². The van der Waals surface area contributed by atoms with Gasteiger partial charge in [0.05, 0.1) is 22.4 Å². The third-order valence-electron chi connectivity index (χ3n) is 5.97. The van der Waals surface area contributed by atoms with Crippen LogP contribution in [0.5, 0.6) is 11.6 Å². The number of ether oxygens (including phenoxy) is 1. The van der Waals surface area contributed by atoms with Crippen molar-refractivity contribution in [1.29, 1.82) is 0 Å². The average Bonchev–Trinajstić information content (AvgIpc) is 3.49. The van der Waals surface area contributed by atoms with Gasteiger partial charge in [-0.3, -0.25) is 0 Å². The van der Waals surface area contributed by atoms with Gasteiger partial charge < -0.3 is 13.6 Å². The summed E-state index contributed by atoms with van der Waals surface area (Å²) in [7, 11) is 0. The summed E-state index contributed by atoms with van der Waals surface area (Å²) in [5, 5.41) is 5.23. The van der Waals surface area contributed by atoms with E-state index in [1.54, 1.807) is 29.0 Å². The molecule has 1 aliphatic heterocycles. The molecule has 0 fully saturated rings. The van der Waals surface area contributed by atoms with E-state index >= 15 is 0 Å². The maximum atomic E-state index is 13.4. The molecule has 0 spiro atoms. The van der Waals surface area contributed by atoms with E-state index in [-0.39, 0.29) is 0 Å². The minimum atomic E-state index is -0.568. The number of rotatable bonds is 2. The van der Waals surface area contributed by atoms with Gasteiger partial charge in [0.1, 0.15) is 11.9 Å². The van der Waals surface area contributed by atoms with Crippen molar-refractivity contribution in [3.8, 4) is 23.2 Å². The van der Waals surface area contributed by atoms with Gasteiger partial charge in [-0.2, -0.15) is 0 Å². The molecule has 170 valence electrons. The highest BCUT2D eigenvalue weighted by molar-refractivity contribution is 9.10. The van der Waals surface area contributed by atoms with Crippen molar-refractivity contribution in [2.45, 2.75) is 5.92 Å². The quantitative estimate of drug-likeness (QED) is 0.218. The van der Waals surface area contributed by atoms with Crippen LogP contribution in [0.4, 0.5) is 0 Å². The summed E-state index contributed by atoms with van der Waals surface area (Å²) in [6.45, 7) is 0. The number of hydrogen-bond donors (Lipinski definition) is 0. The van der Waals surface area contributed by atoms with E-state index in [1.807, 2.05) is 42.5 Å². The Hall–Kier alpha value is -3.76. The second kappa shape index (κ2) is 7.62. The molecule has 0 radical (unpaired) electrons. The van der Waals surface area contributed by atoms with E-state index in [1.165, 1.54) is 0 Å². The van der Waals surface area contributed by atoms with E-state index in [0.717, 1.165) is 10.0 Å². The van der Waals surface area contributed by atoms with Crippen molar-refractivity contribution in [3.63, 3.8) is 0 Å². The monoisotopic (exact) mass is 590 g/mol. The molecule has 7 rings (SSSR count). The number of furan rings is 1. The summed E-state index contributed by atoms with van der Waals surface area (Å²) < 4.78 is 20.6. The van der Waals surface area contributed by atoms with Gasteiger partial charge in [-0.05, 0) is 51.8 Å². The van der Waals surface area contributed by atoms with Crippen molar-refractivity contribution in [3.05, 3.63) is 103 Å². The zero-order valence-corrected chi connectivity index (χ0v) is 20.8. The minimum absolute atomic E-state index is 0.348. The molecule has 0 saturated carbocycles. The Morgan fingerprint density at radius 3 is 2.57 bits per heavy atom. The van der Waals surface area contributed by atoms with Crippen LogP contribution in [0.2, 0.25) is 0 Å². The SMILES string of the molecule is O=c1oc2ccccc2c2c1C(c1ccccc1Br)c1c(ncn3nc(-c4ccc(Br)o4)nc13)O2. The Balaban J connectivity index is 1.57. The molecule has 1 aliphatic rings. The molecule has 5 heterocycles. The molecule has 6 aromatic rings. The van der Waals surface area contributed by atoms with E-state index < -0.39 is 11.5 Å². The largest absolute Gasteiger partial charge is 0.446 e. The summed E-state index contributed by atoms with van der Waals surface area (Å²) in [6.07, 6.45) is 1.54. The van der Waals surface area contributed by atoms with Gasteiger partial charge in [-0.15, -0.1) is 5.10 Å². The smallest absolute Gasteiger partial charge is 0.344 e. The van der Waals surface area contributed by atoms with Gasteiger partial charge >= 0.3 is 5.63 Å². The molecular weight excluding hydrogens is 580 g/mol. The number of aromatic nitrogens is 4. The first-order valence-corrected chi connectivity index (χ1v) is 12.2. The van der Waals surface area contributed by atoms with E-state index in [0.29, 0.717) is 55.6 Å². The van der Waals surface area contributed by atoms with Crippen molar-refractivity contribution in [2.24, 2.45) is 0 Å². The van der Waals surface area contributed by atoms with Crippen LogP contribution in [0.3, 0.4) is 0 Å². The zero-order valence-electron chi connectivity index (χ0n) is 17.6. The molecule has 35 heavy (non-hydrogen) atoms. The number of benzene rings is 2. The lowest BCUT2D eigenvalue weighted by Crippen LogP contribution is -2.22. The van der Waals surface area contributed by atoms with Crippen molar-refractivity contribution >= 4 is 48.5 Å². The molecule has 10 heteroatoms. The Morgan fingerprint density at radius 2 is 1.74 bits per heavy atom. The highest BCUT2D eigenvalue weighted by Crippen LogP contribution is 2.50. The standard InChI is InChI=1S/C25H12Br2N4O4/c26-14-7-3-1-5-12(14)18-19-21(13-6-2-4-8-15(13)34-25(19)32)35-24-20(18)23-29-22(30-31(23)11-28-24)16-9-10-17(27)33-16/h1-11,18H. The van der Waals surface area contributed by atoms with Crippen LogP contribution in [0, 0.1) is 0 Å². The average molecular weight is 592 g/mol. The predicted octanol–water partition coefficient (Wildman–Crippen LogP) is 6.30. The third-order valence-corrected chi connectivity index (χ3v) is 7.12. The molecule has 0 N–H and O–H groups in total. The summed E-state index contributed by atoms with van der Waals surface area (Å²) in [6, 6.07) is 18.5. The first kappa shape index (κ1) is 20.6. The normalized spacial score (nSPS) is 14.6. The Labute approximate surface area is 213 Å². The summed E-state index contributed by atoms with van der Waals surface area (Å²) in [5.41, 5.74) is 2.29. The third kappa shape index (κ3) is 3.10. The number of hydrogen-bond acceptors (Lipinski definition) is 7. The number of halogens is 2. The highest BCUT2D eigenvalue weighted by atomic mass is 79.9. The Morgan fingerprint density at radius 1 is 0.914 bits per heavy atom. The Kier molecular flexibility index (Phi) is 4.49. The first-order chi connectivity index (χ1) is 17.1. The van der Waals surface area contributed by atoms with Crippen LogP contribution in [0.1, 0.15) is 22.6 Å². The second-order valence-corrected chi connectivity index (χ2v) is 9.59. The lowest BCUT2D eigenvalue weighted by atomic mass is 9.84. The maximum absolute atomic E-state index is 13.4. The molecule has 8 nitrogen and oxygen atoms in total. The van der Waals surface area contributed by atoms with Crippen molar-refractivity contribution in [1.82, 2.24) is 19.6 Å². The molecule has 0 amide bonds. The van der Waals surface area contributed by atoms with Crippen LogP contribution in [0.15, 0.2) is 89.8 Å². The van der Waals surface area contributed by atoms with Gasteiger partial charge in [-0.25, -0.2) is 19.3 Å². The topological polar surface area (TPSA) is 95.7 Å². The molecule has 4 aromatic heterocycles. The number of fused-ring (bicyclic) bond motifs is 6. The van der Waals surface area contributed by atoms with Gasteiger partial charge in [0.15, 0.2) is 21.8 Å². The van der Waals surface area contributed by atoms with Gasteiger partial charge in [-0.1, -0.05) is 46.3 Å². The molecule has 2 aromatic carbocycles. The highest BCUT2D eigenvalue weighted by Gasteiger charge is 2.38. The molecule has 1 unspecified atom stereocenters. The first-order valence-electron chi connectivity index (χ1n) is 10.6. The van der Waals surface area contributed by atoms with Crippen LogP contribution in [-0.2, 0) is 0 Å². The van der Waals surface area contributed by atoms with Gasteiger partial charge in [0.25, 0.3) is 0 Å². The van der Waals surface area contributed by atoms with Gasteiger partial charge in [0, 0.05) is 4.47 Å². The Bertz CT molecular complexity index is 1860. The molecule has 0 bridgehead atoms. The fraction of sp³-hybridized carbons (Fsp3) is 0.0400. The van der Waals surface area contributed by atoms with Crippen LogP contribution < -0.4 is 10.4 Å². The molecule has 1 atom stereocenters. The van der Waals surface area contributed by atoms with Crippen LogP contribution in [-0.4, -0.2) is 19.6 Å².